The summed E-state index contributed by atoms with van der Waals surface area (Å²) < 4.78 is 48.1. The minimum absolute atomic E-state index is 0.149. The number of anilines is 1. The molecule has 0 unspecified atom stereocenters. The lowest BCUT2D eigenvalue weighted by atomic mass is 10.2. The zero-order valence-corrected chi connectivity index (χ0v) is 14.8. The normalized spacial score (nSPS) is 19.5. The number of amides is 1. The topological polar surface area (TPSA) is 122 Å². The summed E-state index contributed by atoms with van der Waals surface area (Å²) in [5.41, 5.74) is 0.904. The van der Waals surface area contributed by atoms with Crippen LogP contribution in [0.2, 0.25) is 0 Å². The molecule has 0 saturated carbocycles. The number of rotatable bonds is 4. The third-order valence-electron chi connectivity index (χ3n) is 3.17. The van der Waals surface area contributed by atoms with Crippen LogP contribution in [0.4, 0.5) is 5.13 Å². The van der Waals surface area contributed by atoms with E-state index in [1.807, 2.05) is 0 Å². The second-order valence-corrected chi connectivity index (χ2v) is 10.0. The van der Waals surface area contributed by atoms with Gasteiger partial charge in [-0.3, -0.25) is 9.52 Å². The van der Waals surface area contributed by atoms with Gasteiger partial charge in [-0.05, 0) is 24.3 Å². The van der Waals surface area contributed by atoms with Crippen molar-refractivity contribution in [3.63, 3.8) is 0 Å². The molecule has 1 aromatic carbocycles. The van der Waals surface area contributed by atoms with Crippen LogP contribution in [0.15, 0.2) is 29.7 Å². The second kappa shape index (κ2) is 5.83. The first-order valence-electron chi connectivity index (χ1n) is 6.71. The van der Waals surface area contributed by atoms with Gasteiger partial charge in [0.15, 0.2) is 15.0 Å². The molecule has 24 heavy (non-hydrogen) atoms. The number of nitrogens with zero attached hydrogens (tertiary/aromatic N) is 1. The minimum atomic E-state index is -3.42. The molecule has 2 N–H and O–H groups in total. The molecule has 1 atom stereocenters. The summed E-state index contributed by atoms with van der Waals surface area (Å²) in [6.45, 7) is 0. The summed E-state index contributed by atoms with van der Waals surface area (Å²) >= 11 is 1.11. The van der Waals surface area contributed by atoms with E-state index in [0.29, 0.717) is 15.8 Å². The third kappa shape index (κ3) is 3.91. The quantitative estimate of drug-likeness (QED) is 0.797. The molecule has 2 heterocycles. The highest BCUT2D eigenvalue weighted by Gasteiger charge is 2.23. The van der Waals surface area contributed by atoms with Crippen LogP contribution in [0, 0.1) is 0 Å². The number of hydrogen-bond donors (Lipinski definition) is 2. The van der Waals surface area contributed by atoms with Crippen LogP contribution in [0.3, 0.4) is 0 Å². The Kier molecular flexibility index (Phi) is 4.10. The number of sulfonamides is 1. The Labute approximate surface area is 142 Å². The fourth-order valence-corrected chi connectivity index (χ4v) is 5.16. The summed E-state index contributed by atoms with van der Waals surface area (Å²) in [5, 5.41) is 3.94. The predicted octanol–water partition coefficient (Wildman–Crippen LogP) is 0.708. The monoisotopic (exact) mass is 387 g/mol. The molecule has 8 nitrogen and oxygen atoms in total. The van der Waals surface area contributed by atoms with Gasteiger partial charge in [-0.25, -0.2) is 21.8 Å². The average Bonchev–Trinajstić information content (AvgIpc) is 2.98. The molecule has 0 spiro atoms. The van der Waals surface area contributed by atoms with Gasteiger partial charge in [0.05, 0.1) is 28.3 Å². The molecular formula is C13H13N3O5S3. The van der Waals surface area contributed by atoms with Crippen LogP contribution in [-0.4, -0.2) is 45.8 Å². The molecule has 1 aliphatic heterocycles. The van der Waals surface area contributed by atoms with Crippen molar-refractivity contribution in [2.75, 3.05) is 16.7 Å². The summed E-state index contributed by atoms with van der Waals surface area (Å²) in [6.07, 6.45) is 2.47. The van der Waals surface area contributed by atoms with E-state index in [4.69, 9.17) is 0 Å². The molecule has 2 aromatic rings. The molecule has 0 saturated heterocycles. The molecule has 1 amide bonds. The lowest BCUT2D eigenvalue weighted by Crippen LogP contribution is -2.35. The van der Waals surface area contributed by atoms with Gasteiger partial charge in [0.1, 0.15) is 0 Å². The maximum absolute atomic E-state index is 12.2. The van der Waals surface area contributed by atoms with Crippen molar-refractivity contribution in [2.45, 2.75) is 6.04 Å². The molecule has 3 rings (SSSR count). The van der Waals surface area contributed by atoms with Gasteiger partial charge < -0.3 is 5.32 Å². The molecule has 1 aliphatic rings. The van der Waals surface area contributed by atoms with Crippen LogP contribution in [0.25, 0.3) is 10.2 Å². The van der Waals surface area contributed by atoms with E-state index in [2.05, 4.69) is 15.0 Å². The Balaban J connectivity index is 1.80. The van der Waals surface area contributed by atoms with E-state index < -0.39 is 31.8 Å². The first-order valence-corrected chi connectivity index (χ1v) is 11.1. The number of hydrogen-bond acceptors (Lipinski definition) is 7. The zero-order valence-electron chi connectivity index (χ0n) is 12.4. The van der Waals surface area contributed by atoms with Crippen LogP contribution in [0.5, 0.6) is 0 Å². The maximum Gasteiger partial charge on any atom is 0.251 e. The number of carbonyl (C=O) groups excluding carboxylic acids is 1. The van der Waals surface area contributed by atoms with Gasteiger partial charge in [-0.1, -0.05) is 11.3 Å². The number of thiazole rings is 1. The Bertz CT molecular complexity index is 1050. The maximum atomic E-state index is 12.2. The number of carbonyl (C=O) groups is 1. The van der Waals surface area contributed by atoms with Gasteiger partial charge in [0, 0.05) is 11.0 Å². The highest BCUT2D eigenvalue weighted by Crippen LogP contribution is 2.27. The van der Waals surface area contributed by atoms with Crippen LogP contribution >= 0.6 is 11.3 Å². The summed E-state index contributed by atoms with van der Waals surface area (Å²) in [6, 6.07) is 4.19. The highest BCUT2D eigenvalue weighted by molar-refractivity contribution is 7.94. The van der Waals surface area contributed by atoms with E-state index in [1.165, 1.54) is 6.08 Å². The molecule has 0 aliphatic carbocycles. The molecule has 0 bridgehead atoms. The summed E-state index contributed by atoms with van der Waals surface area (Å²) in [4.78, 5) is 16.4. The lowest BCUT2D eigenvalue weighted by molar-refractivity contribution is 0.0948. The van der Waals surface area contributed by atoms with Crippen molar-refractivity contribution in [1.29, 1.82) is 0 Å². The first-order chi connectivity index (χ1) is 11.1. The van der Waals surface area contributed by atoms with Gasteiger partial charge in [-0.2, -0.15) is 0 Å². The van der Waals surface area contributed by atoms with E-state index in [9.17, 15) is 21.6 Å². The highest BCUT2D eigenvalue weighted by atomic mass is 32.2. The lowest BCUT2D eigenvalue weighted by Gasteiger charge is -2.09. The van der Waals surface area contributed by atoms with Gasteiger partial charge >= 0.3 is 0 Å². The van der Waals surface area contributed by atoms with Crippen molar-refractivity contribution in [3.05, 3.63) is 35.2 Å². The first kappa shape index (κ1) is 16.9. The largest absolute Gasteiger partial charge is 0.345 e. The van der Waals surface area contributed by atoms with Crippen molar-refractivity contribution in [1.82, 2.24) is 10.3 Å². The Morgan fingerprint density at radius 2 is 2.12 bits per heavy atom. The van der Waals surface area contributed by atoms with E-state index in [0.717, 1.165) is 23.0 Å². The molecule has 11 heteroatoms. The van der Waals surface area contributed by atoms with Crippen LogP contribution in [0.1, 0.15) is 10.4 Å². The SMILES string of the molecule is CS(=O)(=O)Nc1nc2ccc(C(=O)N[C@H]3C=CS(=O)(=O)C3)cc2s1. The molecule has 1 aromatic heterocycles. The predicted molar refractivity (Wildman–Crippen MR) is 92.3 cm³/mol. The van der Waals surface area contributed by atoms with Crippen molar-refractivity contribution in [3.8, 4) is 0 Å². The van der Waals surface area contributed by atoms with E-state index in [1.54, 1.807) is 18.2 Å². The Hall–Kier alpha value is -1.98. The standard InChI is InChI=1S/C13H13N3O5S3/c1-23(18,19)16-13-15-10-3-2-8(6-11(10)22-13)12(17)14-9-4-5-24(20,21)7-9/h2-6,9H,7H2,1H3,(H,14,17)(H,15,16)/t9-/m0/s1. The minimum Gasteiger partial charge on any atom is -0.345 e. The Morgan fingerprint density at radius 1 is 1.38 bits per heavy atom. The summed E-state index contributed by atoms with van der Waals surface area (Å²) in [7, 11) is -6.66. The number of sulfone groups is 1. The van der Waals surface area contributed by atoms with Crippen LogP contribution < -0.4 is 10.0 Å². The fraction of sp³-hybridized carbons (Fsp3) is 0.231. The fourth-order valence-electron chi connectivity index (χ4n) is 2.19. The number of benzene rings is 1. The van der Waals surface area contributed by atoms with E-state index >= 15 is 0 Å². The third-order valence-corrected chi connectivity index (χ3v) is 6.19. The molecular weight excluding hydrogens is 374 g/mol. The van der Waals surface area contributed by atoms with Crippen molar-refractivity contribution in [2.24, 2.45) is 0 Å². The molecule has 0 radical (unpaired) electrons. The smallest absolute Gasteiger partial charge is 0.251 e. The average molecular weight is 387 g/mol. The Morgan fingerprint density at radius 3 is 2.75 bits per heavy atom. The van der Waals surface area contributed by atoms with Crippen molar-refractivity contribution >= 4 is 52.5 Å². The second-order valence-electron chi connectivity index (χ2n) is 5.31. The van der Waals surface area contributed by atoms with Gasteiger partial charge in [-0.15, -0.1) is 0 Å². The zero-order chi connectivity index (χ0) is 17.5. The number of aromatic nitrogens is 1. The van der Waals surface area contributed by atoms with Crippen molar-refractivity contribution < 1.29 is 21.6 Å². The number of fused-ring (bicyclic) bond motifs is 1. The molecule has 128 valence electrons. The van der Waals surface area contributed by atoms with Gasteiger partial charge in [0.2, 0.25) is 10.0 Å². The van der Waals surface area contributed by atoms with E-state index in [-0.39, 0.29) is 10.9 Å². The molecule has 0 fully saturated rings. The number of nitrogens with one attached hydrogen (secondary N) is 2. The van der Waals surface area contributed by atoms with Crippen LogP contribution in [-0.2, 0) is 19.9 Å². The summed E-state index contributed by atoms with van der Waals surface area (Å²) in [5.74, 6) is -0.557. The van der Waals surface area contributed by atoms with Gasteiger partial charge in [0.25, 0.3) is 5.91 Å².